The molecule has 0 radical (unpaired) electrons. The van der Waals surface area contributed by atoms with Gasteiger partial charge in [0.2, 0.25) is 5.56 Å². The third kappa shape index (κ3) is 3.24. The zero-order chi connectivity index (χ0) is 16.4. The van der Waals surface area contributed by atoms with E-state index in [9.17, 15) is 13.2 Å². The Balaban J connectivity index is 1.69. The largest absolute Gasteiger partial charge is 0.461 e. The van der Waals surface area contributed by atoms with Crippen molar-refractivity contribution in [3.05, 3.63) is 46.6 Å². The van der Waals surface area contributed by atoms with Crippen molar-refractivity contribution in [1.29, 1.82) is 5.26 Å². The van der Waals surface area contributed by atoms with Gasteiger partial charge in [-0.05, 0) is 18.2 Å². The van der Waals surface area contributed by atoms with Gasteiger partial charge in [0, 0.05) is 5.41 Å². The summed E-state index contributed by atoms with van der Waals surface area (Å²) in [7, 11) is 0. The molecule has 2 aromatic rings. The zero-order valence-electron chi connectivity index (χ0n) is 11.3. The molecule has 1 aliphatic rings. The van der Waals surface area contributed by atoms with Crippen molar-refractivity contribution in [3.8, 4) is 11.8 Å². The normalized spacial score (nSPS) is 17.3. The fourth-order valence-corrected chi connectivity index (χ4v) is 2.67. The molecule has 1 aliphatic heterocycles. The molecule has 0 bridgehead atoms. The van der Waals surface area contributed by atoms with Gasteiger partial charge in [0.05, 0.1) is 11.3 Å². The fraction of sp³-hybridized carbons (Fsp3) is 0.154. The number of ether oxygens (including phenoxy) is 1. The first kappa shape index (κ1) is 15.2. The lowest BCUT2D eigenvalue weighted by atomic mass is 10.2. The highest BCUT2D eigenvalue weighted by Crippen LogP contribution is 2.33. The maximum atomic E-state index is 12.7. The summed E-state index contributed by atoms with van der Waals surface area (Å²) in [4.78, 5) is 0. The number of thioether (sulfide) groups is 1. The minimum absolute atomic E-state index is 0.0835. The van der Waals surface area contributed by atoms with E-state index in [0.717, 1.165) is 12.1 Å². The maximum absolute atomic E-state index is 12.7. The van der Waals surface area contributed by atoms with Gasteiger partial charge in [0.15, 0.2) is 5.69 Å². The molecule has 10 heteroatoms. The summed E-state index contributed by atoms with van der Waals surface area (Å²) in [5.74, 6) is 0.0835. The fourth-order valence-electron chi connectivity index (χ4n) is 1.87. The first-order chi connectivity index (χ1) is 11.0. The van der Waals surface area contributed by atoms with Gasteiger partial charge in [0.25, 0.3) is 0 Å². The molecular weight excluding hydrogens is 331 g/mol. The van der Waals surface area contributed by atoms with Gasteiger partial charge in [-0.1, -0.05) is 17.8 Å². The summed E-state index contributed by atoms with van der Waals surface area (Å²) < 4.78 is 43.5. The van der Waals surface area contributed by atoms with Gasteiger partial charge in [-0.25, -0.2) is 0 Å². The molecule has 1 atom stereocenters. The third-order valence-electron chi connectivity index (χ3n) is 2.90. The average molecular weight is 339 g/mol. The molecule has 23 heavy (non-hydrogen) atoms. The predicted octanol–water partition coefficient (Wildman–Crippen LogP) is 2.69. The van der Waals surface area contributed by atoms with Crippen molar-refractivity contribution in [2.24, 2.45) is 0 Å². The molecule has 3 rings (SSSR count). The van der Waals surface area contributed by atoms with Crippen LogP contribution in [-0.4, -0.2) is 21.0 Å². The van der Waals surface area contributed by atoms with E-state index in [0.29, 0.717) is 11.4 Å². The number of benzene rings is 1. The number of nitriles is 1. The number of hydrogen-bond acceptors (Lipinski definition) is 6. The van der Waals surface area contributed by atoms with Crippen molar-refractivity contribution >= 4 is 17.5 Å². The Labute approximate surface area is 132 Å². The second-order valence-corrected chi connectivity index (χ2v) is 5.36. The molecule has 0 fully saturated rings. The molecule has 0 aliphatic carbocycles. The van der Waals surface area contributed by atoms with Gasteiger partial charge in [-0.2, -0.15) is 28.7 Å². The topological polar surface area (TPSA) is 86.6 Å². The number of nitrogens with one attached hydrogen (secondary N) is 2. The molecule has 1 aromatic heterocycles. The quantitative estimate of drug-likeness (QED) is 0.894. The van der Waals surface area contributed by atoms with Crippen LogP contribution in [0, 0.1) is 11.3 Å². The Morgan fingerprint density at radius 2 is 2.13 bits per heavy atom. The first-order valence-electron chi connectivity index (χ1n) is 6.24. The Morgan fingerprint density at radius 3 is 2.87 bits per heavy atom. The number of H-pyrrole nitrogens is 1. The van der Waals surface area contributed by atoms with Gasteiger partial charge in [0.1, 0.15) is 17.5 Å². The minimum atomic E-state index is -4.43. The van der Waals surface area contributed by atoms with E-state index in [1.807, 2.05) is 6.07 Å². The SMILES string of the molecule is N#Cc1n[nH]nc1C1=CSC(Oc2cccc(C(F)(F)F)c2)N1. The van der Waals surface area contributed by atoms with Crippen molar-refractivity contribution < 1.29 is 17.9 Å². The summed E-state index contributed by atoms with van der Waals surface area (Å²) in [5, 5.41) is 23.3. The summed E-state index contributed by atoms with van der Waals surface area (Å²) in [5.41, 5.74) is -0.456. The molecule has 0 saturated carbocycles. The second kappa shape index (κ2) is 5.85. The lowest BCUT2D eigenvalue weighted by Crippen LogP contribution is -2.26. The third-order valence-corrected chi connectivity index (χ3v) is 3.73. The van der Waals surface area contributed by atoms with Gasteiger partial charge >= 0.3 is 6.18 Å². The van der Waals surface area contributed by atoms with Crippen molar-refractivity contribution in [1.82, 2.24) is 20.7 Å². The molecule has 0 spiro atoms. The summed E-state index contributed by atoms with van der Waals surface area (Å²) in [6.07, 6.45) is -4.43. The highest BCUT2D eigenvalue weighted by molar-refractivity contribution is 8.03. The number of alkyl halides is 3. The van der Waals surface area contributed by atoms with Crippen LogP contribution in [0.25, 0.3) is 5.70 Å². The lowest BCUT2D eigenvalue weighted by molar-refractivity contribution is -0.137. The smallest absolute Gasteiger partial charge is 0.416 e. The molecule has 2 N–H and O–H groups in total. The van der Waals surface area contributed by atoms with Crippen molar-refractivity contribution in [2.75, 3.05) is 0 Å². The number of nitrogens with zero attached hydrogens (tertiary/aromatic N) is 3. The highest BCUT2D eigenvalue weighted by Gasteiger charge is 2.31. The molecular formula is C13H8F3N5OS. The van der Waals surface area contributed by atoms with Crippen LogP contribution in [-0.2, 0) is 6.18 Å². The van der Waals surface area contributed by atoms with E-state index in [1.165, 1.54) is 23.9 Å². The molecule has 2 heterocycles. The van der Waals surface area contributed by atoms with Crippen LogP contribution in [0.4, 0.5) is 13.2 Å². The van der Waals surface area contributed by atoms with Crippen LogP contribution in [0.3, 0.4) is 0 Å². The highest BCUT2D eigenvalue weighted by atomic mass is 32.2. The number of aromatic amines is 1. The summed E-state index contributed by atoms with van der Waals surface area (Å²) in [6, 6.07) is 6.49. The van der Waals surface area contributed by atoms with Gasteiger partial charge < -0.3 is 10.1 Å². The minimum Gasteiger partial charge on any atom is -0.461 e. The van der Waals surface area contributed by atoms with Crippen molar-refractivity contribution in [3.63, 3.8) is 0 Å². The van der Waals surface area contributed by atoms with E-state index < -0.39 is 17.3 Å². The van der Waals surface area contributed by atoms with E-state index in [-0.39, 0.29) is 11.4 Å². The number of aromatic nitrogens is 3. The molecule has 118 valence electrons. The second-order valence-electron chi connectivity index (χ2n) is 4.42. The van der Waals surface area contributed by atoms with Crippen LogP contribution in [0.1, 0.15) is 17.0 Å². The summed E-state index contributed by atoms with van der Waals surface area (Å²) in [6.45, 7) is 0. The standard InChI is InChI=1S/C13H8F3N5OS/c14-13(15,16)7-2-1-3-8(4-7)22-12-18-10(6-23-12)11-9(5-17)19-21-20-11/h1-4,6,12,18H,(H,19,20,21). The van der Waals surface area contributed by atoms with Crippen LogP contribution < -0.4 is 10.1 Å². The van der Waals surface area contributed by atoms with Crippen LogP contribution in [0.15, 0.2) is 29.7 Å². The van der Waals surface area contributed by atoms with Crippen molar-refractivity contribution in [2.45, 2.75) is 11.7 Å². The van der Waals surface area contributed by atoms with E-state index in [4.69, 9.17) is 10.00 Å². The number of hydrogen-bond donors (Lipinski definition) is 2. The Hall–Kier alpha value is -2.67. The summed E-state index contributed by atoms with van der Waals surface area (Å²) >= 11 is 1.21. The Bertz CT molecular complexity index is 795. The molecule has 0 saturated heterocycles. The zero-order valence-corrected chi connectivity index (χ0v) is 12.1. The molecule has 1 unspecified atom stereocenters. The Morgan fingerprint density at radius 1 is 1.30 bits per heavy atom. The van der Waals surface area contributed by atoms with E-state index in [1.54, 1.807) is 5.41 Å². The van der Waals surface area contributed by atoms with E-state index in [2.05, 4.69) is 20.7 Å². The maximum Gasteiger partial charge on any atom is 0.416 e. The Kier molecular flexibility index (Phi) is 3.87. The van der Waals surface area contributed by atoms with Crippen LogP contribution >= 0.6 is 11.8 Å². The monoisotopic (exact) mass is 339 g/mol. The predicted molar refractivity (Wildman–Crippen MR) is 75.7 cm³/mol. The van der Waals surface area contributed by atoms with Gasteiger partial charge in [-0.15, -0.1) is 5.10 Å². The van der Waals surface area contributed by atoms with E-state index >= 15 is 0 Å². The molecule has 1 aromatic carbocycles. The average Bonchev–Trinajstić information content (AvgIpc) is 3.14. The molecule has 6 nitrogen and oxygen atoms in total. The lowest BCUT2D eigenvalue weighted by Gasteiger charge is -2.16. The van der Waals surface area contributed by atoms with Crippen LogP contribution in [0.2, 0.25) is 0 Å². The molecule has 0 amide bonds. The first-order valence-corrected chi connectivity index (χ1v) is 7.19. The van der Waals surface area contributed by atoms with Crippen LogP contribution in [0.5, 0.6) is 5.75 Å². The van der Waals surface area contributed by atoms with Gasteiger partial charge in [-0.3, -0.25) is 0 Å². The number of halogens is 3. The number of rotatable bonds is 3.